The van der Waals surface area contributed by atoms with Crippen LogP contribution in [0.15, 0.2) is 200 Å². The molecule has 9 aromatic carbocycles. The molecule has 55 heavy (non-hydrogen) atoms. The molecule has 0 atom stereocenters. The number of fused-ring (bicyclic) bond motifs is 4. The van der Waals surface area contributed by atoms with Gasteiger partial charge in [-0.25, -0.2) is 0 Å². The van der Waals surface area contributed by atoms with Crippen LogP contribution in [0.2, 0.25) is 0 Å². The van der Waals surface area contributed by atoms with E-state index in [9.17, 15) is 0 Å². The fourth-order valence-corrected chi connectivity index (χ4v) is 7.87. The highest BCUT2D eigenvalue weighted by Gasteiger charge is 2.16. The lowest BCUT2D eigenvalue weighted by molar-refractivity contribution is 1.18. The minimum Gasteiger partial charge on any atom is -0.309 e. The van der Waals surface area contributed by atoms with Crippen molar-refractivity contribution in [1.82, 2.24) is 4.57 Å². The fraction of sp³-hybridized carbons (Fsp3) is 0.0741. The predicted octanol–water partition coefficient (Wildman–Crippen LogP) is 15.9. The number of allylic oxidation sites excluding steroid dienone is 6. The van der Waals surface area contributed by atoms with Crippen LogP contribution in [0.3, 0.4) is 0 Å². The van der Waals surface area contributed by atoms with E-state index >= 15 is 0 Å². The summed E-state index contributed by atoms with van der Waals surface area (Å²) in [7, 11) is 0. The molecule has 0 amide bonds. The van der Waals surface area contributed by atoms with Gasteiger partial charge in [0.25, 0.3) is 0 Å². The maximum absolute atomic E-state index is 2.38. The highest BCUT2D eigenvalue weighted by molar-refractivity contribution is 6.27. The van der Waals surface area contributed by atoms with Crippen LogP contribution in [-0.4, -0.2) is 4.57 Å². The van der Waals surface area contributed by atoms with E-state index in [0.29, 0.717) is 0 Å². The lowest BCUT2D eigenvalue weighted by Gasteiger charge is -2.17. The molecule has 0 spiro atoms. The summed E-state index contributed by atoms with van der Waals surface area (Å²) >= 11 is 0. The molecule has 1 heterocycles. The molecule has 0 unspecified atom stereocenters. The summed E-state index contributed by atoms with van der Waals surface area (Å²) in [6.45, 7) is 8.00. The molecule has 0 radical (unpaired) electrons. The zero-order valence-electron chi connectivity index (χ0n) is 32.0. The van der Waals surface area contributed by atoms with Crippen molar-refractivity contribution >= 4 is 64.9 Å². The third-order valence-corrected chi connectivity index (χ3v) is 10.6. The first kappa shape index (κ1) is 35.3. The average Bonchev–Trinajstić information content (AvgIpc) is 3.59. The Morgan fingerprint density at radius 3 is 1.35 bits per heavy atom. The molecule has 1 aromatic heterocycles. The minimum absolute atomic E-state index is 1.17. The van der Waals surface area contributed by atoms with Gasteiger partial charge in [-0.05, 0) is 123 Å². The Balaban J connectivity index is 0.000000383. The molecule has 10 rings (SSSR count). The molecule has 0 aliphatic carbocycles. The summed E-state index contributed by atoms with van der Waals surface area (Å²) in [6.07, 6.45) is 12.0. The van der Waals surface area contributed by atoms with Crippen molar-refractivity contribution in [3.8, 4) is 27.9 Å². The second-order valence-electron chi connectivity index (χ2n) is 13.8. The monoisotopic (exact) mass is 707 g/mol. The largest absolute Gasteiger partial charge is 0.309 e. The summed E-state index contributed by atoms with van der Waals surface area (Å²) in [6, 6.07) is 60.3. The second-order valence-corrected chi connectivity index (χ2v) is 13.8. The number of rotatable bonds is 4. The highest BCUT2D eigenvalue weighted by atomic mass is 15.0. The van der Waals surface area contributed by atoms with Gasteiger partial charge in [0.2, 0.25) is 0 Å². The van der Waals surface area contributed by atoms with Gasteiger partial charge < -0.3 is 4.57 Å². The molecular formula is C54H45N. The summed E-state index contributed by atoms with van der Waals surface area (Å²) < 4.78 is 2.38. The van der Waals surface area contributed by atoms with Gasteiger partial charge in [0.15, 0.2) is 0 Å². The molecule has 0 aliphatic heterocycles. The Bertz CT molecular complexity index is 2940. The van der Waals surface area contributed by atoms with Crippen LogP contribution in [0.25, 0.3) is 92.8 Å². The van der Waals surface area contributed by atoms with E-state index in [1.807, 2.05) is 64.2 Å². The van der Waals surface area contributed by atoms with Crippen molar-refractivity contribution in [3.05, 3.63) is 200 Å². The third-order valence-electron chi connectivity index (χ3n) is 10.6. The summed E-state index contributed by atoms with van der Waals surface area (Å²) in [5.74, 6) is 0. The second kappa shape index (κ2) is 15.7. The zero-order chi connectivity index (χ0) is 37.7. The summed E-state index contributed by atoms with van der Waals surface area (Å²) in [4.78, 5) is 0. The van der Waals surface area contributed by atoms with E-state index in [1.54, 1.807) is 0 Å². The number of hydrogen-bond donors (Lipinski definition) is 0. The van der Waals surface area contributed by atoms with Gasteiger partial charge in [-0.3, -0.25) is 0 Å². The van der Waals surface area contributed by atoms with E-state index in [1.165, 1.54) is 92.8 Å². The molecule has 10 aromatic rings. The fourth-order valence-electron chi connectivity index (χ4n) is 7.87. The van der Waals surface area contributed by atoms with Crippen LogP contribution in [0, 0.1) is 0 Å². The smallest absolute Gasteiger partial charge is 0.0541 e. The predicted molar refractivity (Wildman–Crippen MR) is 243 cm³/mol. The van der Waals surface area contributed by atoms with Gasteiger partial charge in [-0.1, -0.05) is 170 Å². The molecule has 0 N–H and O–H groups in total. The normalized spacial score (nSPS) is 11.8. The number of para-hydroxylation sites is 2. The summed E-state index contributed by atoms with van der Waals surface area (Å²) in [5.41, 5.74) is 8.67. The van der Waals surface area contributed by atoms with Gasteiger partial charge in [0.05, 0.1) is 11.0 Å². The van der Waals surface area contributed by atoms with Crippen molar-refractivity contribution in [2.24, 2.45) is 0 Å². The first-order valence-corrected chi connectivity index (χ1v) is 19.2. The van der Waals surface area contributed by atoms with E-state index in [0.717, 1.165) is 0 Å². The first-order chi connectivity index (χ1) is 27.1. The van der Waals surface area contributed by atoms with Crippen LogP contribution in [0.1, 0.15) is 27.7 Å². The molecule has 1 nitrogen and oxygen atoms in total. The van der Waals surface area contributed by atoms with Gasteiger partial charge in [-0.2, -0.15) is 0 Å². The van der Waals surface area contributed by atoms with Crippen molar-refractivity contribution < 1.29 is 0 Å². The van der Waals surface area contributed by atoms with Crippen LogP contribution >= 0.6 is 0 Å². The topological polar surface area (TPSA) is 4.93 Å². The van der Waals surface area contributed by atoms with E-state index < -0.39 is 0 Å². The number of hydrogen-bond acceptors (Lipinski definition) is 0. The van der Waals surface area contributed by atoms with E-state index in [-0.39, 0.29) is 0 Å². The van der Waals surface area contributed by atoms with Crippen LogP contribution in [0.4, 0.5) is 0 Å². The zero-order valence-corrected chi connectivity index (χ0v) is 32.0. The molecule has 1 heteroatoms. The van der Waals surface area contributed by atoms with Gasteiger partial charge in [-0.15, -0.1) is 0 Å². The maximum atomic E-state index is 2.38. The van der Waals surface area contributed by atoms with Crippen LogP contribution in [0.5, 0.6) is 0 Å². The van der Waals surface area contributed by atoms with Crippen molar-refractivity contribution in [2.45, 2.75) is 27.7 Å². The third kappa shape index (κ3) is 6.60. The number of nitrogens with zero attached hydrogens (tertiary/aromatic N) is 1. The quantitative estimate of drug-likeness (QED) is 0.0975. The molecular weight excluding hydrogens is 663 g/mol. The lowest BCUT2D eigenvalue weighted by Crippen LogP contribution is -1.94. The lowest BCUT2D eigenvalue weighted by atomic mass is 9.87. The molecule has 266 valence electrons. The van der Waals surface area contributed by atoms with E-state index in [2.05, 4.69) is 168 Å². The number of aromatic nitrogens is 1. The molecule has 0 fully saturated rings. The molecule has 0 bridgehead atoms. The van der Waals surface area contributed by atoms with Gasteiger partial charge in [0.1, 0.15) is 0 Å². The Hall–Kier alpha value is -6.70. The Kier molecular flexibility index (Phi) is 10.1. The maximum Gasteiger partial charge on any atom is 0.0541 e. The summed E-state index contributed by atoms with van der Waals surface area (Å²) in [5, 5.41) is 13.0. The standard InChI is InChI=1S/C44H27N.C6H10.C4H8/c1-2-8-32-27-33(14-13-28(32)7-1)36-24-18-31-19-25-39-35(23-17-30-20-26-40(36)44(31)43(30)39)29-15-21-34(22-16-29)45-41-11-5-3-9-37(41)38-10-4-6-12-42(38)45;1-3-5-6-4-2;1-3-4-2/h1-27H;3-6H,1-2H3;3-4H,1-2H3/b;5-3-,6-4-;4-3-. The SMILES string of the molecule is C/C=C\C.C/C=C\C=C/C.c1ccc2cc(-c3ccc4ccc5c(-c6ccc(-n7c8ccccc8c8ccccc87)cc6)ccc6ccc3c4c65)ccc2c1. The Morgan fingerprint density at radius 1 is 0.345 bits per heavy atom. The van der Waals surface area contributed by atoms with Gasteiger partial charge in [0, 0.05) is 16.5 Å². The van der Waals surface area contributed by atoms with Gasteiger partial charge >= 0.3 is 0 Å². The number of benzene rings is 9. The molecule has 0 saturated heterocycles. The molecule has 0 aliphatic rings. The van der Waals surface area contributed by atoms with Crippen LogP contribution in [-0.2, 0) is 0 Å². The van der Waals surface area contributed by atoms with Crippen molar-refractivity contribution in [1.29, 1.82) is 0 Å². The minimum atomic E-state index is 1.17. The average molecular weight is 708 g/mol. The van der Waals surface area contributed by atoms with E-state index in [4.69, 9.17) is 0 Å². The van der Waals surface area contributed by atoms with Crippen molar-refractivity contribution in [2.75, 3.05) is 0 Å². The van der Waals surface area contributed by atoms with Crippen LogP contribution < -0.4 is 0 Å². The first-order valence-electron chi connectivity index (χ1n) is 19.2. The Labute approximate surface area is 324 Å². The molecule has 0 saturated carbocycles. The van der Waals surface area contributed by atoms with Crippen molar-refractivity contribution in [3.63, 3.8) is 0 Å². The highest BCUT2D eigenvalue weighted by Crippen LogP contribution is 2.43. The Morgan fingerprint density at radius 2 is 0.800 bits per heavy atom.